The Balaban J connectivity index is 1.40. The number of hydrogen-bond acceptors (Lipinski definition) is 5. The molecule has 3 rings (SSSR count). The Labute approximate surface area is 152 Å². The van der Waals surface area contributed by atoms with Crippen LogP contribution in [0.2, 0.25) is 0 Å². The fraction of sp³-hybridized carbons (Fsp3) is 0.471. The standard InChI is InChI=1S/C17H22FN3O4S/c1-20-12-17(19-13-20)26(22,23)21-8-6-16(7-9-21)25-11-10-24-15-4-2-14(18)3-5-15/h2-5,12-13,16H,6-11H2,1H3. The molecule has 2 aromatic rings. The van der Waals surface area contributed by atoms with Gasteiger partial charge < -0.3 is 14.0 Å². The topological polar surface area (TPSA) is 73.7 Å². The summed E-state index contributed by atoms with van der Waals surface area (Å²) in [5.74, 6) is 0.285. The molecule has 0 unspecified atom stereocenters. The lowest BCUT2D eigenvalue weighted by molar-refractivity contribution is 0.00697. The number of sulfonamides is 1. The maximum absolute atomic E-state index is 12.8. The van der Waals surface area contributed by atoms with E-state index in [2.05, 4.69) is 4.98 Å². The lowest BCUT2D eigenvalue weighted by atomic mass is 10.1. The van der Waals surface area contributed by atoms with Crippen LogP contribution >= 0.6 is 0 Å². The smallest absolute Gasteiger partial charge is 0.262 e. The van der Waals surface area contributed by atoms with Crippen molar-refractivity contribution >= 4 is 10.0 Å². The maximum atomic E-state index is 12.8. The Morgan fingerprint density at radius 3 is 2.50 bits per heavy atom. The van der Waals surface area contributed by atoms with E-state index in [0.717, 1.165) is 0 Å². The van der Waals surface area contributed by atoms with Crippen molar-refractivity contribution in [1.82, 2.24) is 13.9 Å². The zero-order valence-corrected chi connectivity index (χ0v) is 15.4. The van der Waals surface area contributed by atoms with Gasteiger partial charge in [0.25, 0.3) is 10.0 Å². The highest BCUT2D eigenvalue weighted by atomic mass is 32.2. The normalized spacial score (nSPS) is 16.7. The first-order chi connectivity index (χ1) is 12.4. The predicted octanol–water partition coefficient (Wildman–Crippen LogP) is 1.81. The van der Waals surface area contributed by atoms with Gasteiger partial charge in [-0.15, -0.1) is 0 Å². The molecule has 1 aliphatic heterocycles. The van der Waals surface area contributed by atoms with Crippen LogP contribution in [0.1, 0.15) is 12.8 Å². The molecule has 0 spiro atoms. The summed E-state index contributed by atoms with van der Waals surface area (Å²) in [5, 5.41) is 0.0760. The Hall–Kier alpha value is -1.97. The van der Waals surface area contributed by atoms with Crippen molar-refractivity contribution in [3.63, 3.8) is 0 Å². The van der Waals surface area contributed by atoms with Crippen LogP contribution in [0.15, 0.2) is 41.8 Å². The number of benzene rings is 1. The van der Waals surface area contributed by atoms with Gasteiger partial charge in [-0.3, -0.25) is 0 Å². The van der Waals surface area contributed by atoms with Crippen LogP contribution < -0.4 is 4.74 Å². The third-order valence-corrected chi connectivity index (χ3v) is 5.99. The van der Waals surface area contributed by atoms with Crippen LogP contribution in [0.25, 0.3) is 0 Å². The molecule has 2 heterocycles. The van der Waals surface area contributed by atoms with Crippen molar-refractivity contribution in [2.75, 3.05) is 26.3 Å². The summed E-state index contributed by atoms with van der Waals surface area (Å²) in [6.07, 6.45) is 4.24. The van der Waals surface area contributed by atoms with Crippen molar-refractivity contribution in [1.29, 1.82) is 0 Å². The van der Waals surface area contributed by atoms with E-state index in [9.17, 15) is 12.8 Å². The van der Waals surface area contributed by atoms with Crippen molar-refractivity contribution in [2.24, 2.45) is 7.05 Å². The number of rotatable bonds is 7. The van der Waals surface area contributed by atoms with Crippen molar-refractivity contribution in [2.45, 2.75) is 24.0 Å². The third-order valence-electron chi connectivity index (χ3n) is 4.21. The molecule has 1 aromatic carbocycles. The number of nitrogens with zero attached hydrogens (tertiary/aromatic N) is 3. The van der Waals surface area contributed by atoms with E-state index in [0.29, 0.717) is 44.9 Å². The van der Waals surface area contributed by atoms with E-state index in [-0.39, 0.29) is 16.9 Å². The van der Waals surface area contributed by atoms with Crippen molar-refractivity contribution in [3.05, 3.63) is 42.6 Å². The lowest BCUT2D eigenvalue weighted by Crippen LogP contribution is -2.41. The van der Waals surface area contributed by atoms with Crippen LogP contribution in [-0.2, 0) is 21.8 Å². The van der Waals surface area contributed by atoms with Crippen LogP contribution in [0.4, 0.5) is 4.39 Å². The van der Waals surface area contributed by atoms with Gasteiger partial charge in [0.2, 0.25) is 0 Å². The first kappa shape index (κ1) is 18.8. The SMILES string of the molecule is Cn1cnc(S(=O)(=O)N2CCC(OCCOc3ccc(F)cc3)CC2)c1. The Kier molecular flexibility index (Phi) is 5.90. The van der Waals surface area contributed by atoms with Gasteiger partial charge in [0.1, 0.15) is 18.2 Å². The minimum absolute atomic E-state index is 0.00185. The summed E-state index contributed by atoms with van der Waals surface area (Å²) in [6.45, 7) is 1.57. The molecule has 0 bridgehead atoms. The van der Waals surface area contributed by atoms with E-state index >= 15 is 0 Å². The molecule has 142 valence electrons. The highest BCUT2D eigenvalue weighted by Crippen LogP contribution is 2.21. The molecule has 26 heavy (non-hydrogen) atoms. The maximum Gasteiger partial charge on any atom is 0.262 e. The average molecular weight is 383 g/mol. The van der Waals surface area contributed by atoms with Gasteiger partial charge in [-0.1, -0.05) is 0 Å². The Bertz CT molecular complexity index is 815. The minimum atomic E-state index is -3.54. The second-order valence-corrected chi connectivity index (χ2v) is 8.04. The molecule has 0 radical (unpaired) electrons. The number of hydrogen-bond donors (Lipinski definition) is 0. The molecule has 1 aromatic heterocycles. The van der Waals surface area contributed by atoms with Gasteiger partial charge in [0.15, 0.2) is 5.03 Å². The van der Waals surface area contributed by atoms with Gasteiger partial charge in [-0.2, -0.15) is 4.31 Å². The molecule has 7 nitrogen and oxygen atoms in total. The quantitative estimate of drug-likeness (QED) is 0.682. The average Bonchev–Trinajstić information content (AvgIpc) is 3.08. The lowest BCUT2D eigenvalue weighted by Gasteiger charge is -2.30. The highest BCUT2D eigenvalue weighted by Gasteiger charge is 2.31. The predicted molar refractivity (Wildman–Crippen MR) is 92.8 cm³/mol. The number of halogens is 1. The second-order valence-electron chi connectivity index (χ2n) is 6.15. The first-order valence-electron chi connectivity index (χ1n) is 8.43. The number of ether oxygens (including phenoxy) is 2. The molecule has 0 atom stereocenters. The molecular weight excluding hydrogens is 361 g/mol. The van der Waals surface area contributed by atoms with Crippen molar-refractivity contribution < 1.29 is 22.3 Å². The van der Waals surface area contributed by atoms with Crippen molar-refractivity contribution in [3.8, 4) is 5.75 Å². The largest absolute Gasteiger partial charge is 0.491 e. The van der Waals surface area contributed by atoms with Gasteiger partial charge in [0.05, 0.1) is 19.0 Å². The zero-order chi connectivity index (χ0) is 18.6. The summed E-state index contributed by atoms with van der Waals surface area (Å²) in [6, 6.07) is 5.81. The monoisotopic (exact) mass is 383 g/mol. The molecule has 1 fully saturated rings. The van der Waals surface area contributed by atoms with Crippen LogP contribution in [0.3, 0.4) is 0 Å². The molecule has 1 saturated heterocycles. The van der Waals surface area contributed by atoms with Gasteiger partial charge in [-0.05, 0) is 37.1 Å². The molecule has 0 N–H and O–H groups in total. The van der Waals surface area contributed by atoms with Crippen LogP contribution in [0, 0.1) is 5.82 Å². The number of aryl methyl sites for hydroxylation is 1. The summed E-state index contributed by atoms with van der Waals surface area (Å²) >= 11 is 0. The van der Waals surface area contributed by atoms with Gasteiger partial charge in [-0.25, -0.2) is 17.8 Å². The molecule has 0 amide bonds. The van der Waals surface area contributed by atoms with E-state index < -0.39 is 10.0 Å². The zero-order valence-electron chi connectivity index (χ0n) is 14.5. The number of aromatic nitrogens is 2. The van der Waals surface area contributed by atoms with Gasteiger partial charge >= 0.3 is 0 Å². The summed E-state index contributed by atoms with van der Waals surface area (Å²) in [7, 11) is -1.80. The van der Waals surface area contributed by atoms with E-state index in [4.69, 9.17) is 9.47 Å². The van der Waals surface area contributed by atoms with E-state index in [1.807, 2.05) is 0 Å². The fourth-order valence-corrected chi connectivity index (χ4v) is 4.23. The van der Waals surface area contributed by atoms with E-state index in [1.165, 1.54) is 29.0 Å². The van der Waals surface area contributed by atoms with Crippen LogP contribution in [-0.4, -0.2) is 54.7 Å². The fourth-order valence-electron chi connectivity index (χ4n) is 2.80. The summed E-state index contributed by atoms with van der Waals surface area (Å²) < 4.78 is 52.1. The Morgan fingerprint density at radius 1 is 1.19 bits per heavy atom. The summed E-state index contributed by atoms with van der Waals surface area (Å²) in [4.78, 5) is 3.94. The molecule has 0 saturated carbocycles. The number of piperidine rings is 1. The third kappa shape index (κ3) is 4.60. The molecule has 9 heteroatoms. The van der Waals surface area contributed by atoms with Crippen LogP contribution in [0.5, 0.6) is 5.75 Å². The summed E-state index contributed by atoms with van der Waals surface area (Å²) in [5.41, 5.74) is 0. The molecule has 1 aliphatic rings. The van der Waals surface area contributed by atoms with Gasteiger partial charge in [0, 0.05) is 26.3 Å². The number of imidazole rings is 1. The second kappa shape index (κ2) is 8.15. The first-order valence-corrected chi connectivity index (χ1v) is 9.87. The Morgan fingerprint density at radius 2 is 1.88 bits per heavy atom. The molecule has 0 aliphatic carbocycles. The minimum Gasteiger partial charge on any atom is -0.491 e. The highest BCUT2D eigenvalue weighted by molar-refractivity contribution is 7.89. The molecular formula is C17H22FN3O4S. The van der Waals surface area contributed by atoms with E-state index in [1.54, 1.807) is 23.7 Å².